The Morgan fingerprint density at radius 3 is 2.37 bits per heavy atom. The van der Waals surface area contributed by atoms with Crippen molar-refractivity contribution >= 4 is 29.0 Å². The van der Waals surface area contributed by atoms with E-state index in [1.54, 1.807) is 17.0 Å². The lowest BCUT2D eigenvalue weighted by Crippen LogP contribution is -2.47. The van der Waals surface area contributed by atoms with E-state index in [-0.39, 0.29) is 11.9 Å². The lowest BCUT2D eigenvalue weighted by atomic mass is 10.1. The number of piperazine rings is 1. The van der Waals surface area contributed by atoms with Gasteiger partial charge >= 0.3 is 6.03 Å². The third-order valence-corrected chi connectivity index (χ3v) is 6.63. The zero-order chi connectivity index (χ0) is 24.0. The molecule has 2 fully saturated rings. The van der Waals surface area contributed by atoms with Gasteiger partial charge in [0.1, 0.15) is 0 Å². The van der Waals surface area contributed by atoms with Gasteiger partial charge in [-0.3, -0.25) is 19.6 Å². The number of nitrogens with one attached hydrogen (secondary N) is 2. The Bertz CT molecular complexity index is 1160. The van der Waals surface area contributed by atoms with Crippen molar-refractivity contribution in [1.29, 1.82) is 0 Å². The van der Waals surface area contributed by atoms with E-state index in [4.69, 9.17) is 0 Å². The van der Waals surface area contributed by atoms with Gasteiger partial charge in [0.2, 0.25) is 0 Å². The number of rotatable bonds is 7. The van der Waals surface area contributed by atoms with Gasteiger partial charge in [-0.05, 0) is 60.5 Å². The Kier molecular flexibility index (Phi) is 6.90. The Balaban J connectivity index is 1.19. The first-order valence-corrected chi connectivity index (χ1v) is 12.1. The number of hydrogen-bond acceptors (Lipinski definition) is 5. The lowest BCUT2D eigenvalue weighted by molar-refractivity contribution is 0.102. The number of aromatic nitrogens is 1. The summed E-state index contributed by atoms with van der Waals surface area (Å²) in [5, 5.41) is 5.88. The third kappa shape index (κ3) is 5.44. The van der Waals surface area contributed by atoms with Crippen molar-refractivity contribution in [1.82, 2.24) is 15.2 Å². The molecule has 0 bridgehead atoms. The second-order valence-corrected chi connectivity index (χ2v) is 8.84. The predicted octanol–water partition coefficient (Wildman–Crippen LogP) is 3.23. The summed E-state index contributed by atoms with van der Waals surface area (Å²) in [5.74, 6) is -0.161. The molecule has 2 N–H and O–H groups in total. The normalized spacial score (nSPS) is 16.3. The molecule has 3 heterocycles. The van der Waals surface area contributed by atoms with Crippen molar-refractivity contribution in [3.63, 3.8) is 0 Å². The number of nitrogens with zero attached hydrogens (tertiary/aromatic N) is 4. The molecule has 0 aliphatic carbocycles. The molecule has 35 heavy (non-hydrogen) atoms. The van der Waals surface area contributed by atoms with Gasteiger partial charge in [0.05, 0.1) is 11.4 Å². The summed E-state index contributed by atoms with van der Waals surface area (Å²) in [6, 6.07) is 19.2. The van der Waals surface area contributed by atoms with E-state index in [0.29, 0.717) is 18.7 Å². The fourth-order valence-corrected chi connectivity index (χ4v) is 4.61. The van der Waals surface area contributed by atoms with Gasteiger partial charge in [-0.25, -0.2) is 4.79 Å². The summed E-state index contributed by atoms with van der Waals surface area (Å²) in [6.07, 6.45) is 4.72. The van der Waals surface area contributed by atoms with Crippen molar-refractivity contribution in [2.75, 3.05) is 60.9 Å². The fraction of sp³-hybridized carbons (Fsp3) is 0.296. The van der Waals surface area contributed by atoms with Crippen molar-refractivity contribution in [3.8, 4) is 0 Å². The van der Waals surface area contributed by atoms with E-state index in [1.165, 1.54) is 5.56 Å². The molecule has 0 radical (unpaired) electrons. The maximum atomic E-state index is 13.0. The molecule has 2 aromatic carbocycles. The quantitative estimate of drug-likeness (QED) is 0.554. The highest BCUT2D eigenvalue weighted by atomic mass is 16.2. The number of para-hydroxylation sites is 2. The maximum absolute atomic E-state index is 13.0. The van der Waals surface area contributed by atoms with Crippen LogP contribution in [0.5, 0.6) is 0 Å². The minimum atomic E-state index is -0.161. The SMILES string of the molecule is O=C(Nc1ccccc1N1CCN(CCc2ccncc2)CC1)c1ccc(N2CCNC2=O)cc1. The van der Waals surface area contributed by atoms with Gasteiger partial charge in [-0.15, -0.1) is 0 Å². The van der Waals surface area contributed by atoms with Crippen LogP contribution in [0, 0.1) is 0 Å². The fourth-order valence-electron chi connectivity index (χ4n) is 4.61. The van der Waals surface area contributed by atoms with E-state index in [2.05, 4.69) is 43.6 Å². The summed E-state index contributed by atoms with van der Waals surface area (Å²) in [6.45, 7) is 6.10. The second kappa shape index (κ2) is 10.6. The molecule has 1 aromatic heterocycles. The zero-order valence-electron chi connectivity index (χ0n) is 19.7. The number of hydrogen-bond donors (Lipinski definition) is 2. The molecule has 2 aliphatic rings. The second-order valence-electron chi connectivity index (χ2n) is 8.84. The highest BCUT2D eigenvalue weighted by molar-refractivity contribution is 6.06. The number of benzene rings is 2. The van der Waals surface area contributed by atoms with Gasteiger partial charge < -0.3 is 15.5 Å². The molecule has 0 unspecified atom stereocenters. The van der Waals surface area contributed by atoms with E-state index in [0.717, 1.165) is 56.2 Å². The monoisotopic (exact) mass is 470 g/mol. The average molecular weight is 471 g/mol. The molecule has 3 aromatic rings. The Morgan fingerprint density at radius 1 is 0.914 bits per heavy atom. The number of amides is 3. The van der Waals surface area contributed by atoms with Crippen molar-refractivity contribution < 1.29 is 9.59 Å². The predicted molar refractivity (Wildman–Crippen MR) is 138 cm³/mol. The van der Waals surface area contributed by atoms with E-state index in [1.807, 2.05) is 42.7 Å². The van der Waals surface area contributed by atoms with Crippen LogP contribution in [-0.4, -0.2) is 67.6 Å². The Labute approximate surface area is 205 Å². The molecule has 0 saturated carbocycles. The summed E-state index contributed by atoms with van der Waals surface area (Å²) in [4.78, 5) is 35.4. The number of carbonyl (C=O) groups excluding carboxylic acids is 2. The first-order chi connectivity index (χ1) is 17.2. The molecular formula is C27H30N6O2. The molecule has 5 rings (SSSR count). The van der Waals surface area contributed by atoms with Gasteiger partial charge in [0.25, 0.3) is 5.91 Å². The maximum Gasteiger partial charge on any atom is 0.321 e. The molecule has 8 nitrogen and oxygen atoms in total. The highest BCUT2D eigenvalue weighted by Gasteiger charge is 2.22. The number of anilines is 3. The third-order valence-electron chi connectivity index (χ3n) is 6.63. The van der Waals surface area contributed by atoms with Crippen LogP contribution in [0.2, 0.25) is 0 Å². The standard InChI is InChI=1S/C27H30N6O2/c34-26(22-5-7-23(8-6-22)33-16-14-29-27(33)35)30-24-3-1-2-4-25(24)32-19-17-31(18-20-32)15-11-21-9-12-28-13-10-21/h1-10,12-13H,11,14-20H2,(H,29,35)(H,30,34). The molecule has 0 spiro atoms. The van der Waals surface area contributed by atoms with Crippen LogP contribution >= 0.6 is 0 Å². The minimum absolute atomic E-state index is 0.103. The van der Waals surface area contributed by atoms with E-state index in [9.17, 15) is 9.59 Å². The highest BCUT2D eigenvalue weighted by Crippen LogP contribution is 2.27. The molecule has 8 heteroatoms. The van der Waals surface area contributed by atoms with Crippen LogP contribution in [-0.2, 0) is 6.42 Å². The number of pyridine rings is 1. The van der Waals surface area contributed by atoms with E-state index < -0.39 is 0 Å². The number of urea groups is 1. The van der Waals surface area contributed by atoms with Crippen molar-refractivity contribution in [2.24, 2.45) is 0 Å². The minimum Gasteiger partial charge on any atom is -0.367 e. The van der Waals surface area contributed by atoms with Crippen molar-refractivity contribution in [3.05, 3.63) is 84.2 Å². The Morgan fingerprint density at radius 2 is 1.66 bits per heavy atom. The first kappa shape index (κ1) is 22.9. The average Bonchev–Trinajstić information content (AvgIpc) is 3.34. The lowest BCUT2D eigenvalue weighted by Gasteiger charge is -2.37. The van der Waals surface area contributed by atoms with Gasteiger partial charge in [0, 0.05) is 69.5 Å². The van der Waals surface area contributed by atoms with E-state index >= 15 is 0 Å². The molecule has 2 aliphatic heterocycles. The summed E-state index contributed by atoms with van der Waals surface area (Å²) in [7, 11) is 0. The largest absolute Gasteiger partial charge is 0.367 e. The first-order valence-electron chi connectivity index (χ1n) is 12.1. The Hall–Kier alpha value is -3.91. The molecule has 2 saturated heterocycles. The van der Waals surface area contributed by atoms with Crippen LogP contribution < -0.4 is 20.4 Å². The summed E-state index contributed by atoms with van der Waals surface area (Å²) in [5.41, 5.74) is 4.51. The van der Waals surface area contributed by atoms with Crippen LogP contribution in [0.15, 0.2) is 73.1 Å². The van der Waals surface area contributed by atoms with Crippen LogP contribution in [0.3, 0.4) is 0 Å². The molecule has 180 valence electrons. The summed E-state index contributed by atoms with van der Waals surface area (Å²) >= 11 is 0. The van der Waals surface area contributed by atoms with Gasteiger partial charge in [0.15, 0.2) is 0 Å². The number of carbonyl (C=O) groups is 2. The van der Waals surface area contributed by atoms with Crippen LogP contribution in [0.25, 0.3) is 0 Å². The molecule has 3 amide bonds. The van der Waals surface area contributed by atoms with Crippen LogP contribution in [0.1, 0.15) is 15.9 Å². The summed E-state index contributed by atoms with van der Waals surface area (Å²) < 4.78 is 0. The van der Waals surface area contributed by atoms with Gasteiger partial charge in [-0.2, -0.15) is 0 Å². The van der Waals surface area contributed by atoms with Gasteiger partial charge in [-0.1, -0.05) is 12.1 Å². The zero-order valence-corrected chi connectivity index (χ0v) is 19.7. The van der Waals surface area contributed by atoms with Crippen molar-refractivity contribution in [2.45, 2.75) is 6.42 Å². The topological polar surface area (TPSA) is 80.8 Å². The molecular weight excluding hydrogens is 440 g/mol. The van der Waals surface area contributed by atoms with Crippen LogP contribution in [0.4, 0.5) is 21.9 Å². The molecule has 0 atom stereocenters. The smallest absolute Gasteiger partial charge is 0.321 e.